The van der Waals surface area contributed by atoms with Gasteiger partial charge in [-0.3, -0.25) is 29.5 Å². The molecule has 4 heterocycles. The minimum Gasteiger partial charge on any atom is -0.354 e. The van der Waals surface area contributed by atoms with E-state index in [0.29, 0.717) is 28.3 Å². The molecule has 0 atom stereocenters. The molecule has 0 spiro atoms. The molecule has 0 saturated heterocycles. The summed E-state index contributed by atoms with van der Waals surface area (Å²) in [6.07, 6.45) is 6.37. The molecular formula is C28H25N7O2. The molecule has 2 N–H and O–H groups in total. The number of hydrogen-bond acceptors (Lipinski definition) is 7. The van der Waals surface area contributed by atoms with Crippen LogP contribution in [0.5, 0.6) is 0 Å². The lowest BCUT2D eigenvalue weighted by Crippen LogP contribution is -2.19. The molecular weight excluding hydrogens is 466 g/mol. The van der Waals surface area contributed by atoms with Crippen LogP contribution >= 0.6 is 0 Å². The minimum absolute atomic E-state index is 0.279. The molecule has 0 aliphatic carbocycles. The number of hydrogen-bond donors (Lipinski definition) is 2. The highest BCUT2D eigenvalue weighted by molar-refractivity contribution is 6.04. The van der Waals surface area contributed by atoms with Crippen molar-refractivity contribution >= 4 is 17.5 Å². The van der Waals surface area contributed by atoms with Gasteiger partial charge in [0.1, 0.15) is 5.69 Å². The zero-order valence-corrected chi connectivity index (χ0v) is 20.9. The van der Waals surface area contributed by atoms with E-state index in [0.717, 1.165) is 22.4 Å². The molecule has 2 amide bonds. The van der Waals surface area contributed by atoms with Gasteiger partial charge in [0.15, 0.2) is 0 Å². The maximum absolute atomic E-state index is 13.0. The Bertz CT molecular complexity index is 1540. The van der Waals surface area contributed by atoms with Gasteiger partial charge in [-0.25, -0.2) is 0 Å². The second-order valence-corrected chi connectivity index (χ2v) is 8.92. The zero-order chi connectivity index (χ0) is 26.6. The molecule has 184 valence electrons. The van der Waals surface area contributed by atoms with E-state index in [2.05, 4.69) is 36.6 Å². The van der Waals surface area contributed by atoms with E-state index < -0.39 is 5.41 Å². The van der Waals surface area contributed by atoms with Gasteiger partial charge in [0.05, 0.1) is 34.8 Å². The van der Waals surface area contributed by atoms with Crippen molar-refractivity contribution in [3.63, 3.8) is 0 Å². The third-order valence-corrected chi connectivity index (χ3v) is 5.87. The molecule has 0 radical (unpaired) electrons. The van der Waals surface area contributed by atoms with Crippen molar-refractivity contribution in [2.24, 2.45) is 0 Å². The normalized spacial score (nSPS) is 10.9. The first-order valence-corrected chi connectivity index (χ1v) is 11.5. The molecule has 4 aromatic heterocycles. The summed E-state index contributed by atoms with van der Waals surface area (Å²) in [5, 5.41) is 14.8. The van der Waals surface area contributed by atoms with Crippen molar-refractivity contribution in [2.45, 2.75) is 26.2 Å². The first kappa shape index (κ1) is 25.1. The Morgan fingerprint density at radius 3 is 2.38 bits per heavy atom. The number of aromatic nitrogens is 4. The molecule has 9 nitrogen and oxygen atoms in total. The van der Waals surface area contributed by atoms with Crippen LogP contribution in [0.3, 0.4) is 0 Å². The zero-order valence-electron chi connectivity index (χ0n) is 20.9. The summed E-state index contributed by atoms with van der Waals surface area (Å²) in [7, 11) is 1.55. The fourth-order valence-corrected chi connectivity index (χ4v) is 3.67. The van der Waals surface area contributed by atoms with Gasteiger partial charge in [-0.05, 0) is 68.8 Å². The SMILES string of the molecule is CNC(=O)c1cc(-c2cc(-c3cc(NC(=O)c4ccnc(C(C)(C)C#N)c4)cnc3C)ccn2)ccn1. The predicted octanol–water partition coefficient (Wildman–Crippen LogP) is 4.32. The number of amides is 2. The van der Waals surface area contributed by atoms with Crippen molar-refractivity contribution < 1.29 is 9.59 Å². The second kappa shape index (κ2) is 10.3. The standard InChI is InChI=1S/C28H25N7O2/c1-17-22(18-5-8-31-23(11-18)19-6-9-32-24(12-19)27(37)30-4)14-21(15-34-17)35-26(36)20-7-10-33-25(13-20)28(2,3)16-29/h5-15H,1-4H3,(H,30,37)(H,35,36). The molecule has 0 fully saturated rings. The van der Waals surface area contributed by atoms with Crippen LogP contribution in [-0.4, -0.2) is 38.8 Å². The van der Waals surface area contributed by atoms with Gasteiger partial charge in [0, 0.05) is 48.0 Å². The van der Waals surface area contributed by atoms with Gasteiger partial charge in [-0.2, -0.15) is 5.26 Å². The molecule has 37 heavy (non-hydrogen) atoms. The molecule has 4 rings (SSSR count). The Labute approximate surface area is 214 Å². The van der Waals surface area contributed by atoms with Gasteiger partial charge in [0.2, 0.25) is 0 Å². The largest absolute Gasteiger partial charge is 0.354 e. The number of pyridine rings is 4. The van der Waals surface area contributed by atoms with E-state index >= 15 is 0 Å². The quantitative estimate of drug-likeness (QED) is 0.410. The Hall–Kier alpha value is -4.97. The van der Waals surface area contributed by atoms with Gasteiger partial charge in [0.25, 0.3) is 11.8 Å². The maximum atomic E-state index is 13.0. The van der Waals surface area contributed by atoms with Crippen LogP contribution in [0.15, 0.2) is 67.3 Å². The molecule has 0 bridgehead atoms. The second-order valence-electron chi connectivity index (χ2n) is 8.92. The van der Waals surface area contributed by atoms with Gasteiger partial charge in [-0.1, -0.05) is 0 Å². The van der Waals surface area contributed by atoms with E-state index in [-0.39, 0.29) is 11.8 Å². The van der Waals surface area contributed by atoms with Crippen LogP contribution in [0, 0.1) is 18.3 Å². The molecule has 9 heteroatoms. The molecule has 0 saturated carbocycles. The fourth-order valence-electron chi connectivity index (χ4n) is 3.67. The fraction of sp³-hybridized carbons (Fsp3) is 0.179. The number of nitriles is 1. The Kier molecular flexibility index (Phi) is 7.02. The molecule has 4 aromatic rings. The highest BCUT2D eigenvalue weighted by Crippen LogP contribution is 2.29. The van der Waals surface area contributed by atoms with Crippen molar-refractivity contribution in [1.82, 2.24) is 25.3 Å². The number of nitrogens with zero attached hydrogens (tertiary/aromatic N) is 5. The predicted molar refractivity (Wildman–Crippen MR) is 140 cm³/mol. The summed E-state index contributed by atoms with van der Waals surface area (Å²) in [4.78, 5) is 42.2. The van der Waals surface area contributed by atoms with E-state index in [1.54, 1.807) is 63.8 Å². The monoisotopic (exact) mass is 491 g/mol. The number of aryl methyl sites for hydroxylation is 1. The van der Waals surface area contributed by atoms with Crippen LogP contribution in [-0.2, 0) is 5.41 Å². The van der Waals surface area contributed by atoms with Crippen LogP contribution in [0.2, 0.25) is 0 Å². The Morgan fingerprint density at radius 2 is 1.62 bits per heavy atom. The summed E-state index contributed by atoms with van der Waals surface area (Å²) in [6.45, 7) is 5.39. The topological polar surface area (TPSA) is 134 Å². The number of nitrogens with one attached hydrogen (secondary N) is 2. The van der Waals surface area contributed by atoms with E-state index in [4.69, 9.17) is 0 Å². The summed E-state index contributed by atoms with van der Waals surface area (Å²) in [5.41, 5.74) is 4.79. The number of carbonyl (C=O) groups excluding carboxylic acids is 2. The van der Waals surface area contributed by atoms with Gasteiger partial charge >= 0.3 is 0 Å². The minimum atomic E-state index is -0.816. The first-order chi connectivity index (χ1) is 17.7. The van der Waals surface area contributed by atoms with E-state index in [9.17, 15) is 14.9 Å². The summed E-state index contributed by atoms with van der Waals surface area (Å²) in [5.74, 6) is -0.609. The van der Waals surface area contributed by atoms with E-state index in [1.807, 2.05) is 25.1 Å². The highest BCUT2D eigenvalue weighted by Gasteiger charge is 2.22. The van der Waals surface area contributed by atoms with E-state index in [1.165, 1.54) is 6.20 Å². The van der Waals surface area contributed by atoms with Crippen molar-refractivity contribution in [1.29, 1.82) is 5.26 Å². The van der Waals surface area contributed by atoms with Crippen molar-refractivity contribution in [3.05, 3.63) is 89.9 Å². The summed E-state index contributed by atoms with van der Waals surface area (Å²) >= 11 is 0. The van der Waals surface area contributed by atoms with Crippen molar-refractivity contribution in [3.8, 4) is 28.5 Å². The van der Waals surface area contributed by atoms with Gasteiger partial charge < -0.3 is 10.6 Å². The Morgan fingerprint density at radius 1 is 0.892 bits per heavy atom. The highest BCUT2D eigenvalue weighted by atomic mass is 16.2. The molecule has 0 unspecified atom stereocenters. The van der Waals surface area contributed by atoms with Crippen LogP contribution in [0.25, 0.3) is 22.4 Å². The van der Waals surface area contributed by atoms with Crippen LogP contribution in [0.1, 0.15) is 46.1 Å². The lowest BCUT2D eigenvalue weighted by atomic mass is 9.90. The maximum Gasteiger partial charge on any atom is 0.269 e. The number of rotatable bonds is 6. The molecule has 0 aliphatic rings. The molecule has 0 aliphatic heterocycles. The summed E-state index contributed by atoms with van der Waals surface area (Å²) < 4.78 is 0. The average Bonchev–Trinajstić information content (AvgIpc) is 2.93. The lowest BCUT2D eigenvalue weighted by molar-refractivity contribution is 0.0957. The van der Waals surface area contributed by atoms with Crippen LogP contribution < -0.4 is 10.6 Å². The number of anilines is 1. The first-order valence-electron chi connectivity index (χ1n) is 11.5. The summed E-state index contributed by atoms with van der Waals surface area (Å²) in [6, 6.07) is 14.5. The lowest BCUT2D eigenvalue weighted by Gasteiger charge is -2.15. The smallest absolute Gasteiger partial charge is 0.269 e. The Balaban J connectivity index is 1.63. The average molecular weight is 492 g/mol. The van der Waals surface area contributed by atoms with Crippen molar-refractivity contribution in [2.75, 3.05) is 12.4 Å². The van der Waals surface area contributed by atoms with Crippen LogP contribution in [0.4, 0.5) is 5.69 Å². The third kappa shape index (κ3) is 5.49. The van der Waals surface area contributed by atoms with Gasteiger partial charge in [-0.15, -0.1) is 0 Å². The number of carbonyl (C=O) groups is 2. The molecule has 0 aromatic carbocycles. The third-order valence-electron chi connectivity index (χ3n) is 5.87.